The maximum atomic E-state index is 9.52. The van der Waals surface area contributed by atoms with Gasteiger partial charge in [0.25, 0.3) is 0 Å². The van der Waals surface area contributed by atoms with Gasteiger partial charge in [0.05, 0.1) is 18.3 Å². The van der Waals surface area contributed by atoms with Crippen molar-refractivity contribution >= 4 is 0 Å². The summed E-state index contributed by atoms with van der Waals surface area (Å²) in [5, 5.41) is 12.7. The van der Waals surface area contributed by atoms with Crippen molar-refractivity contribution in [2.75, 3.05) is 6.54 Å². The standard InChI is InChI=1S/C15H20N2O2/c1-3-13(18)9-16-11(2)15-17-10-14(19-15)12-7-5-4-6-8-12/h4-8,10-11,13,16,18H,3,9H2,1-2H3/t11?,13-/m1/s1. The van der Waals surface area contributed by atoms with E-state index in [1.54, 1.807) is 6.20 Å². The van der Waals surface area contributed by atoms with Gasteiger partial charge in [-0.05, 0) is 13.3 Å². The van der Waals surface area contributed by atoms with Crippen LogP contribution < -0.4 is 5.32 Å². The fourth-order valence-corrected chi connectivity index (χ4v) is 1.77. The average Bonchev–Trinajstić information content (AvgIpc) is 2.95. The first-order valence-electron chi connectivity index (χ1n) is 6.63. The van der Waals surface area contributed by atoms with Crippen LogP contribution in [0.2, 0.25) is 0 Å². The van der Waals surface area contributed by atoms with Crippen LogP contribution in [0.4, 0.5) is 0 Å². The van der Waals surface area contributed by atoms with Crippen LogP contribution >= 0.6 is 0 Å². The smallest absolute Gasteiger partial charge is 0.211 e. The molecule has 0 aliphatic rings. The van der Waals surface area contributed by atoms with Crippen LogP contribution in [0.25, 0.3) is 11.3 Å². The molecular formula is C15H20N2O2. The third-order valence-electron chi connectivity index (χ3n) is 3.08. The zero-order chi connectivity index (χ0) is 13.7. The third kappa shape index (κ3) is 3.66. The molecule has 2 rings (SSSR count). The number of aromatic nitrogens is 1. The van der Waals surface area contributed by atoms with Crippen molar-refractivity contribution in [2.45, 2.75) is 32.4 Å². The van der Waals surface area contributed by atoms with E-state index < -0.39 is 0 Å². The van der Waals surface area contributed by atoms with Gasteiger partial charge >= 0.3 is 0 Å². The van der Waals surface area contributed by atoms with E-state index in [1.807, 2.05) is 44.2 Å². The molecule has 0 amide bonds. The molecule has 0 aliphatic carbocycles. The van der Waals surface area contributed by atoms with Gasteiger partial charge in [0, 0.05) is 12.1 Å². The highest BCUT2D eigenvalue weighted by molar-refractivity contribution is 5.55. The van der Waals surface area contributed by atoms with E-state index in [-0.39, 0.29) is 12.1 Å². The first kappa shape index (κ1) is 13.8. The second-order valence-electron chi connectivity index (χ2n) is 4.62. The summed E-state index contributed by atoms with van der Waals surface area (Å²) in [5.74, 6) is 1.41. The van der Waals surface area contributed by atoms with Gasteiger partial charge < -0.3 is 14.8 Å². The quantitative estimate of drug-likeness (QED) is 0.838. The predicted molar refractivity (Wildman–Crippen MR) is 74.7 cm³/mol. The van der Waals surface area contributed by atoms with E-state index in [4.69, 9.17) is 4.42 Å². The number of aliphatic hydroxyl groups is 1. The van der Waals surface area contributed by atoms with Crippen molar-refractivity contribution in [1.29, 1.82) is 0 Å². The topological polar surface area (TPSA) is 58.3 Å². The summed E-state index contributed by atoms with van der Waals surface area (Å²) >= 11 is 0. The van der Waals surface area contributed by atoms with E-state index in [1.165, 1.54) is 0 Å². The molecule has 0 spiro atoms. The van der Waals surface area contributed by atoms with Gasteiger partial charge in [-0.15, -0.1) is 0 Å². The molecule has 1 aromatic carbocycles. The highest BCUT2D eigenvalue weighted by Crippen LogP contribution is 2.22. The molecular weight excluding hydrogens is 240 g/mol. The Morgan fingerprint density at radius 3 is 2.74 bits per heavy atom. The van der Waals surface area contributed by atoms with Gasteiger partial charge in [-0.25, -0.2) is 4.98 Å². The molecule has 4 nitrogen and oxygen atoms in total. The summed E-state index contributed by atoms with van der Waals surface area (Å²) in [4.78, 5) is 4.29. The maximum Gasteiger partial charge on any atom is 0.211 e. The summed E-state index contributed by atoms with van der Waals surface area (Å²) < 4.78 is 5.74. The average molecular weight is 260 g/mol. The molecule has 102 valence electrons. The number of oxazole rings is 1. The van der Waals surface area contributed by atoms with E-state index >= 15 is 0 Å². The summed E-state index contributed by atoms with van der Waals surface area (Å²) in [7, 11) is 0. The Hall–Kier alpha value is -1.65. The van der Waals surface area contributed by atoms with Crippen LogP contribution in [0.1, 0.15) is 32.2 Å². The molecule has 0 saturated heterocycles. The van der Waals surface area contributed by atoms with Crippen molar-refractivity contribution < 1.29 is 9.52 Å². The van der Waals surface area contributed by atoms with Crippen molar-refractivity contribution in [3.8, 4) is 11.3 Å². The second-order valence-corrected chi connectivity index (χ2v) is 4.62. The first-order chi connectivity index (χ1) is 9.20. The predicted octanol–water partition coefficient (Wildman–Crippen LogP) is 2.76. The molecule has 2 atom stereocenters. The van der Waals surface area contributed by atoms with Crippen LogP contribution in [0.15, 0.2) is 40.9 Å². The van der Waals surface area contributed by atoms with Crippen LogP contribution in [0, 0.1) is 0 Å². The molecule has 0 saturated carbocycles. The lowest BCUT2D eigenvalue weighted by Crippen LogP contribution is -2.28. The molecule has 1 unspecified atom stereocenters. The molecule has 0 fully saturated rings. The number of benzene rings is 1. The molecule has 0 bridgehead atoms. The zero-order valence-electron chi connectivity index (χ0n) is 11.3. The minimum Gasteiger partial charge on any atom is -0.439 e. The molecule has 19 heavy (non-hydrogen) atoms. The van der Waals surface area contributed by atoms with Crippen molar-refractivity contribution in [2.24, 2.45) is 0 Å². The van der Waals surface area contributed by atoms with Gasteiger partial charge in [0.2, 0.25) is 5.89 Å². The molecule has 2 N–H and O–H groups in total. The maximum absolute atomic E-state index is 9.52. The van der Waals surface area contributed by atoms with Gasteiger partial charge in [0.1, 0.15) is 0 Å². The van der Waals surface area contributed by atoms with Crippen LogP contribution in [0.3, 0.4) is 0 Å². The summed E-state index contributed by atoms with van der Waals surface area (Å²) in [6.45, 7) is 4.47. The first-order valence-corrected chi connectivity index (χ1v) is 6.63. The van der Waals surface area contributed by atoms with E-state index in [0.717, 1.165) is 17.7 Å². The minimum absolute atomic E-state index is 0.0151. The van der Waals surface area contributed by atoms with Crippen molar-refractivity contribution in [3.63, 3.8) is 0 Å². The summed E-state index contributed by atoms with van der Waals surface area (Å²) in [6.07, 6.45) is 2.14. The Morgan fingerprint density at radius 2 is 2.05 bits per heavy atom. The normalized spacial score (nSPS) is 14.3. The lowest BCUT2D eigenvalue weighted by molar-refractivity contribution is 0.162. The highest BCUT2D eigenvalue weighted by Gasteiger charge is 2.13. The Kier molecular flexibility index (Phi) is 4.71. The Bertz CT molecular complexity index is 496. The van der Waals surface area contributed by atoms with Crippen molar-refractivity contribution in [1.82, 2.24) is 10.3 Å². The number of hydrogen-bond donors (Lipinski definition) is 2. The fraction of sp³-hybridized carbons (Fsp3) is 0.400. The third-order valence-corrected chi connectivity index (χ3v) is 3.08. The highest BCUT2D eigenvalue weighted by atomic mass is 16.4. The molecule has 2 aromatic rings. The molecule has 1 heterocycles. The largest absolute Gasteiger partial charge is 0.439 e. The molecule has 0 radical (unpaired) electrons. The van der Waals surface area contributed by atoms with Gasteiger partial charge in [0.15, 0.2) is 5.76 Å². The second kappa shape index (κ2) is 6.50. The van der Waals surface area contributed by atoms with Gasteiger partial charge in [-0.3, -0.25) is 0 Å². The number of nitrogens with zero attached hydrogens (tertiary/aromatic N) is 1. The van der Waals surface area contributed by atoms with Crippen LogP contribution in [-0.2, 0) is 0 Å². The zero-order valence-corrected chi connectivity index (χ0v) is 11.3. The van der Waals surface area contributed by atoms with Gasteiger partial charge in [-0.2, -0.15) is 0 Å². The van der Waals surface area contributed by atoms with E-state index in [0.29, 0.717) is 12.4 Å². The van der Waals surface area contributed by atoms with Crippen LogP contribution in [-0.4, -0.2) is 22.7 Å². The van der Waals surface area contributed by atoms with Gasteiger partial charge in [-0.1, -0.05) is 37.3 Å². The number of nitrogens with one attached hydrogen (secondary N) is 1. The lowest BCUT2D eigenvalue weighted by atomic mass is 10.2. The van der Waals surface area contributed by atoms with Crippen LogP contribution in [0.5, 0.6) is 0 Å². The van der Waals surface area contributed by atoms with E-state index in [9.17, 15) is 5.11 Å². The number of hydrogen-bond acceptors (Lipinski definition) is 4. The lowest BCUT2D eigenvalue weighted by Gasteiger charge is -2.13. The number of aliphatic hydroxyl groups excluding tert-OH is 1. The molecule has 4 heteroatoms. The minimum atomic E-state index is -0.328. The molecule has 1 aromatic heterocycles. The Balaban J connectivity index is 2.01. The molecule has 0 aliphatic heterocycles. The summed E-state index contributed by atoms with van der Waals surface area (Å²) in [5.41, 5.74) is 1.02. The van der Waals surface area contributed by atoms with Crippen molar-refractivity contribution in [3.05, 3.63) is 42.4 Å². The Labute approximate surface area is 113 Å². The number of rotatable bonds is 6. The fourth-order valence-electron chi connectivity index (χ4n) is 1.77. The monoisotopic (exact) mass is 260 g/mol. The summed E-state index contributed by atoms with van der Waals surface area (Å²) in [6, 6.07) is 9.87. The van der Waals surface area contributed by atoms with E-state index in [2.05, 4.69) is 10.3 Å². The SMILES string of the molecule is CC[C@@H](O)CNC(C)c1ncc(-c2ccccc2)o1. The Morgan fingerprint density at radius 1 is 1.32 bits per heavy atom.